The van der Waals surface area contributed by atoms with Crippen molar-refractivity contribution in [3.63, 3.8) is 0 Å². The van der Waals surface area contributed by atoms with E-state index >= 15 is 0 Å². The molecule has 0 unspecified atom stereocenters. The van der Waals surface area contributed by atoms with Gasteiger partial charge in [0.1, 0.15) is 11.5 Å². The first-order chi connectivity index (χ1) is 13.3. The number of ether oxygens (including phenoxy) is 1. The van der Waals surface area contributed by atoms with Gasteiger partial charge in [-0.05, 0) is 25.0 Å². The first-order valence-electron chi connectivity index (χ1n) is 9.01. The van der Waals surface area contributed by atoms with Crippen molar-refractivity contribution < 1.29 is 27.1 Å². The number of carbonyl (C=O) groups is 2. The molecule has 0 bridgehead atoms. The zero-order valence-corrected chi connectivity index (χ0v) is 16.3. The Bertz CT molecular complexity index is 832. The van der Waals surface area contributed by atoms with Crippen molar-refractivity contribution in [1.82, 2.24) is 19.5 Å². The van der Waals surface area contributed by atoms with E-state index in [1.165, 1.54) is 13.2 Å². The van der Waals surface area contributed by atoms with Crippen LogP contribution in [0.15, 0.2) is 18.3 Å². The predicted molar refractivity (Wildman–Crippen MR) is 97.4 cm³/mol. The number of nitrogens with zero attached hydrogens (tertiary/aromatic N) is 3. The lowest BCUT2D eigenvalue weighted by Crippen LogP contribution is -2.44. The predicted octanol–water partition coefficient (Wildman–Crippen LogP) is -0.398. The van der Waals surface area contributed by atoms with E-state index in [0.717, 1.165) is 16.6 Å². The van der Waals surface area contributed by atoms with Gasteiger partial charge in [-0.25, -0.2) is 22.1 Å². The van der Waals surface area contributed by atoms with E-state index in [1.54, 1.807) is 4.90 Å². The SMILES string of the molecule is COCCCN1C(=O)[C@@H]2C[C@H](NC(=O)c3ccc(F)cn3)CN2CCS1(=O)=O. The summed E-state index contributed by atoms with van der Waals surface area (Å²) in [6, 6.07) is 1.50. The number of hydrogen-bond acceptors (Lipinski definition) is 7. The highest BCUT2D eigenvalue weighted by atomic mass is 32.2. The van der Waals surface area contributed by atoms with Crippen LogP contribution in [0.1, 0.15) is 23.3 Å². The van der Waals surface area contributed by atoms with Crippen LogP contribution in [-0.4, -0.2) is 85.6 Å². The van der Waals surface area contributed by atoms with Gasteiger partial charge in [-0.1, -0.05) is 0 Å². The Kier molecular flexibility index (Phi) is 6.26. The van der Waals surface area contributed by atoms with E-state index in [9.17, 15) is 22.4 Å². The Morgan fingerprint density at radius 1 is 1.43 bits per heavy atom. The van der Waals surface area contributed by atoms with Gasteiger partial charge in [0.15, 0.2) is 0 Å². The monoisotopic (exact) mass is 414 g/mol. The molecule has 2 fully saturated rings. The minimum atomic E-state index is -3.67. The molecule has 2 atom stereocenters. The van der Waals surface area contributed by atoms with Gasteiger partial charge in [-0.15, -0.1) is 0 Å². The normalized spacial score (nSPS) is 24.6. The molecule has 28 heavy (non-hydrogen) atoms. The smallest absolute Gasteiger partial charge is 0.270 e. The highest BCUT2D eigenvalue weighted by molar-refractivity contribution is 7.89. The number of pyridine rings is 1. The molecule has 0 aromatic carbocycles. The van der Waals surface area contributed by atoms with E-state index < -0.39 is 33.7 Å². The third kappa shape index (κ3) is 4.47. The van der Waals surface area contributed by atoms with Crippen LogP contribution >= 0.6 is 0 Å². The second-order valence-corrected chi connectivity index (χ2v) is 8.86. The van der Waals surface area contributed by atoms with Crippen LogP contribution in [0.25, 0.3) is 0 Å². The Morgan fingerprint density at radius 3 is 2.89 bits per heavy atom. The number of fused-ring (bicyclic) bond motifs is 1. The summed E-state index contributed by atoms with van der Waals surface area (Å²) in [5.74, 6) is -1.61. The zero-order valence-electron chi connectivity index (χ0n) is 15.5. The van der Waals surface area contributed by atoms with Gasteiger partial charge in [0.05, 0.1) is 18.0 Å². The number of halogens is 1. The minimum Gasteiger partial charge on any atom is -0.385 e. The Labute approximate surface area is 162 Å². The molecule has 9 nitrogen and oxygen atoms in total. The van der Waals surface area contributed by atoms with Gasteiger partial charge in [0.25, 0.3) is 11.8 Å². The maximum Gasteiger partial charge on any atom is 0.270 e. The summed E-state index contributed by atoms with van der Waals surface area (Å²) in [4.78, 5) is 30.7. The molecule has 2 aliphatic rings. The molecule has 0 aliphatic carbocycles. The molecule has 3 rings (SSSR count). The fourth-order valence-electron chi connectivity index (χ4n) is 3.53. The summed E-state index contributed by atoms with van der Waals surface area (Å²) >= 11 is 0. The Balaban J connectivity index is 1.67. The summed E-state index contributed by atoms with van der Waals surface area (Å²) in [6.45, 7) is 1.03. The van der Waals surface area contributed by atoms with Gasteiger partial charge >= 0.3 is 0 Å². The third-order valence-corrected chi connectivity index (χ3v) is 6.64. The number of rotatable bonds is 6. The maximum atomic E-state index is 12.9. The van der Waals surface area contributed by atoms with E-state index in [4.69, 9.17) is 4.74 Å². The maximum absolute atomic E-state index is 12.9. The van der Waals surface area contributed by atoms with E-state index in [2.05, 4.69) is 10.3 Å². The van der Waals surface area contributed by atoms with Crippen LogP contribution in [0.5, 0.6) is 0 Å². The number of nitrogens with one attached hydrogen (secondary N) is 1. The van der Waals surface area contributed by atoms with Gasteiger partial charge in [-0.3, -0.25) is 14.5 Å². The van der Waals surface area contributed by atoms with Crippen molar-refractivity contribution in [2.45, 2.75) is 24.9 Å². The zero-order chi connectivity index (χ0) is 20.3. The summed E-state index contributed by atoms with van der Waals surface area (Å²) in [7, 11) is -2.15. The average molecular weight is 414 g/mol. The van der Waals surface area contributed by atoms with Crippen molar-refractivity contribution in [3.8, 4) is 0 Å². The topological polar surface area (TPSA) is 109 Å². The number of carbonyl (C=O) groups excluding carboxylic acids is 2. The molecule has 1 aromatic heterocycles. The van der Waals surface area contributed by atoms with E-state index in [1.807, 2.05) is 0 Å². The van der Waals surface area contributed by atoms with Crippen molar-refractivity contribution >= 4 is 21.8 Å². The molecule has 3 heterocycles. The molecule has 154 valence electrons. The fraction of sp³-hybridized carbons (Fsp3) is 0.588. The van der Waals surface area contributed by atoms with Crippen LogP contribution < -0.4 is 5.32 Å². The van der Waals surface area contributed by atoms with Gasteiger partial charge in [0.2, 0.25) is 10.0 Å². The van der Waals surface area contributed by atoms with Crippen LogP contribution in [0.3, 0.4) is 0 Å². The number of sulfonamides is 1. The first-order valence-corrected chi connectivity index (χ1v) is 10.6. The molecule has 2 saturated heterocycles. The quantitative estimate of drug-likeness (QED) is 0.631. The molecule has 1 aromatic rings. The molecule has 0 saturated carbocycles. The third-order valence-electron chi connectivity index (χ3n) is 4.91. The lowest BCUT2D eigenvalue weighted by molar-refractivity contribution is -0.130. The fourth-order valence-corrected chi connectivity index (χ4v) is 5.02. The highest BCUT2D eigenvalue weighted by Gasteiger charge is 2.45. The van der Waals surface area contributed by atoms with Crippen LogP contribution in [0.2, 0.25) is 0 Å². The summed E-state index contributed by atoms with van der Waals surface area (Å²) in [5, 5.41) is 2.79. The van der Waals surface area contributed by atoms with Crippen LogP contribution in [-0.2, 0) is 19.6 Å². The Morgan fingerprint density at radius 2 is 2.21 bits per heavy atom. The molecule has 1 N–H and O–H groups in total. The molecule has 2 aliphatic heterocycles. The van der Waals surface area contributed by atoms with E-state index in [-0.39, 0.29) is 30.6 Å². The highest BCUT2D eigenvalue weighted by Crippen LogP contribution is 2.25. The standard InChI is InChI=1S/C17H23FN4O5S/c1-27-7-2-5-22-17(24)15-9-13(11-21(15)6-8-28(22,25)26)20-16(23)14-4-3-12(18)10-19-14/h3-4,10,13,15H,2,5-9,11H2,1H3,(H,20,23)/t13-,15-/m0/s1. The summed E-state index contributed by atoms with van der Waals surface area (Å²) < 4.78 is 43.7. The van der Waals surface area contributed by atoms with Gasteiger partial charge < -0.3 is 10.1 Å². The number of amides is 2. The first kappa shape index (κ1) is 20.6. The second kappa shape index (κ2) is 8.50. The molecular formula is C17H23FN4O5S. The second-order valence-electron chi connectivity index (χ2n) is 6.85. The van der Waals surface area contributed by atoms with Crippen LogP contribution in [0.4, 0.5) is 4.39 Å². The van der Waals surface area contributed by atoms with Crippen LogP contribution in [0, 0.1) is 5.82 Å². The molecule has 2 amide bonds. The van der Waals surface area contributed by atoms with Gasteiger partial charge in [-0.2, -0.15) is 0 Å². The largest absolute Gasteiger partial charge is 0.385 e. The molecule has 0 radical (unpaired) electrons. The summed E-state index contributed by atoms with van der Waals surface area (Å²) in [6.07, 6.45) is 1.69. The lowest BCUT2D eigenvalue weighted by atomic mass is 10.1. The lowest BCUT2D eigenvalue weighted by Gasteiger charge is -2.23. The molecular weight excluding hydrogens is 391 g/mol. The average Bonchev–Trinajstić information content (AvgIpc) is 3.03. The number of methoxy groups -OCH3 is 1. The number of aromatic nitrogens is 1. The molecule has 11 heteroatoms. The number of hydrogen-bond donors (Lipinski definition) is 1. The molecule has 0 spiro atoms. The van der Waals surface area contributed by atoms with Crippen molar-refractivity contribution in [2.24, 2.45) is 0 Å². The Hall–Kier alpha value is -2.11. The van der Waals surface area contributed by atoms with Crippen molar-refractivity contribution in [1.29, 1.82) is 0 Å². The summed E-state index contributed by atoms with van der Waals surface area (Å²) in [5.41, 5.74) is 0.0820. The van der Waals surface area contributed by atoms with Crippen molar-refractivity contribution in [3.05, 3.63) is 29.8 Å². The van der Waals surface area contributed by atoms with E-state index in [0.29, 0.717) is 26.0 Å². The van der Waals surface area contributed by atoms with Gasteiger partial charge in [0, 0.05) is 39.4 Å². The van der Waals surface area contributed by atoms with Crippen molar-refractivity contribution in [2.75, 3.05) is 39.1 Å². The minimum absolute atomic E-state index is 0.0792.